The van der Waals surface area contributed by atoms with Crippen LogP contribution in [0.25, 0.3) is 11.4 Å². The van der Waals surface area contributed by atoms with Gasteiger partial charge in [0.05, 0.1) is 0 Å². The van der Waals surface area contributed by atoms with Gasteiger partial charge in [0.1, 0.15) is 5.82 Å². The zero-order chi connectivity index (χ0) is 17.8. The average molecular weight is 345 g/mol. The predicted molar refractivity (Wildman–Crippen MR) is 104 cm³/mol. The van der Waals surface area contributed by atoms with E-state index in [1.807, 2.05) is 30.3 Å². The normalized spacial score (nSPS) is 16.2. The van der Waals surface area contributed by atoms with Crippen molar-refractivity contribution in [3.8, 4) is 11.4 Å². The molecule has 1 aliphatic rings. The number of aryl methyl sites for hydroxylation is 1. The van der Waals surface area contributed by atoms with Crippen molar-refractivity contribution in [1.29, 1.82) is 0 Å². The minimum Gasteiger partial charge on any atom is -0.313 e. The molecule has 1 heterocycles. The van der Waals surface area contributed by atoms with Crippen LogP contribution in [0.2, 0.25) is 0 Å². The second-order valence-electron chi connectivity index (χ2n) is 6.86. The molecule has 0 bridgehead atoms. The van der Waals surface area contributed by atoms with E-state index >= 15 is 0 Å². The van der Waals surface area contributed by atoms with Crippen LogP contribution in [0, 0.1) is 0 Å². The molecular weight excluding hydrogens is 322 g/mol. The van der Waals surface area contributed by atoms with Crippen LogP contribution < -0.4 is 10.9 Å². The Hall–Kier alpha value is -2.72. The van der Waals surface area contributed by atoms with Gasteiger partial charge in [0.25, 0.3) is 5.56 Å². The van der Waals surface area contributed by atoms with Crippen molar-refractivity contribution in [1.82, 2.24) is 15.3 Å². The minimum absolute atomic E-state index is 0.0968. The number of nitrogens with zero attached hydrogens (tertiary/aromatic N) is 1. The van der Waals surface area contributed by atoms with E-state index in [2.05, 4.69) is 39.6 Å². The molecule has 0 aliphatic heterocycles. The van der Waals surface area contributed by atoms with Gasteiger partial charge in [-0.2, -0.15) is 0 Å². The highest BCUT2D eigenvalue weighted by Gasteiger charge is 2.17. The lowest BCUT2D eigenvalue weighted by molar-refractivity contribution is 0.460. The van der Waals surface area contributed by atoms with E-state index < -0.39 is 0 Å². The molecule has 4 rings (SSSR count). The van der Waals surface area contributed by atoms with Crippen LogP contribution >= 0.6 is 0 Å². The highest BCUT2D eigenvalue weighted by molar-refractivity contribution is 5.54. The first-order valence-corrected chi connectivity index (χ1v) is 9.24. The summed E-state index contributed by atoms with van der Waals surface area (Å²) >= 11 is 0. The third-order valence-electron chi connectivity index (χ3n) is 5.00. The van der Waals surface area contributed by atoms with Crippen LogP contribution in [-0.4, -0.2) is 22.6 Å². The zero-order valence-corrected chi connectivity index (χ0v) is 14.7. The van der Waals surface area contributed by atoms with Gasteiger partial charge in [-0.05, 0) is 30.4 Å². The first-order valence-electron chi connectivity index (χ1n) is 9.24. The van der Waals surface area contributed by atoms with Crippen LogP contribution in [0.3, 0.4) is 0 Å². The number of rotatable bonds is 5. The average Bonchev–Trinajstić information content (AvgIpc) is 2.68. The van der Waals surface area contributed by atoms with E-state index in [9.17, 15) is 4.79 Å². The highest BCUT2D eigenvalue weighted by Crippen LogP contribution is 2.21. The van der Waals surface area contributed by atoms with Gasteiger partial charge in [-0.15, -0.1) is 0 Å². The third-order valence-corrected chi connectivity index (χ3v) is 5.00. The molecule has 3 aromatic rings. The fourth-order valence-electron chi connectivity index (χ4n) is 3.65. The molecule has 1 aliphatic carbocycles. The van der Waals surface area contributed by atoms with Crippen molar-refractivity contribution in [3.63, 3.8) is 0 Å². The topological polar surface area (TPSA) is 57.8 Å². The van der Waals surface area contributed by atoms with Gasteiger partial charge in [-0.1, -0.05) is 54.6 Å². The summed E-state index contributed by atoms with van der Waals surface area (Å²) in [4.78, 5) is 19.4. The van der Waals surface area contributed by atoms with Gasteiger partial charge in [-0.3, -0.25) is 4.79 Å². The number of nitrogens with one attached hydrogen (secondary N) is 2. The van der Waals surface area contributed by atoms with Crippen molar-refractivity contribution < 1.29 is 0 Å². The molecule has 1 aromatic heterocycles. The molecule has 1 unspecified atom stereocenters. The van der Waals surface area contributed by atoms with Crippen molar-refractivity contribution in [2.45, 2.75) is 31.7 Å². The second kappa shape index (κ2) is 7.67. The summed E-state index contributed by atoms with van der Waals surface area (Å²) in [7, 11) is 0. The maximum Gasteiger partial charge on any atom is 0.251 e. The largest absolute Gasteiger partial charge is 0.313 e. The number of fused-ring (bicyclic) bond motifs is 1. The number of benzene rings is 2. The first kappa shape index (κ1) is 16.7. The van der Waals surface area contributed by atoms with Gasteiger partial charge in [-0.25, -0.2) is 4.98 Å². The fourth-order valence-corrected chi connectivity index (χ4v) is 3.65. The van der Waals surface area contributed by atoms with Gasteiger partial charge in [0.15, 0.2) is 0 Å². The Morgan fingerprint density at radius 3 is 2.65 bits per heavy atom. The van der Waals surface area contributed by atoms with Crippen molar-refractivity contribution in [3.05, 3.63) is 87.8 Å². The molecule has 0 radical (unpaired) electrons. The van der Waals surface area contributed by atoms with E-state index in [1.165, 1.54) is 11.1 Å². The quantitative estimate of drug-likeness (QED) is 0.747. The molecule has 0 amide bonds. The van der Waals surface area contributed by atoms with Crippen molar-refractivity contribution in [2.24, 2.45) is 0 Å². The molecule has 132 valence electrons. The van der Waals surface area contributed by atoms with Gasteiger partial charge in [0.2, 0.25) is 0 Å². The van der Waals surface area contributed by atoms with Gasteiger partial charge < -0.3 is 10.3 Å². The Morgan fingerprint density at radius 2 is 1.81 bits per heavy atom. The van der Waals surface area contributed by atoms with Crippen LogP contribution in [0.15, 0.2) is 65.5 Å². The molecule has 2 N–H and O–H groups in total. The summed E-state index contributed by atoms with van der Waals surface area (Å²) in [6, 6.07) is 20.6. The monoisotopic (exact) mass is 345 g/mol. The summed E-state index contributed by atoms with van der Waals surface area (Å²) in [6.07, 6.45) is 4.13. The SMILES string of the molecule is O=c1cc(CCNC2CCc3ccccc3C2)nc(-c2ccccc2)[nH]1. The summed E-state index contributed by atoms with van der Waals surface area (Å²) in [6.45, 7) is 0.831. The van der Waals surface area contributed by atoms with E-state index in [-0.39, 0.29) is 5.56 Å². The first-order chi connectivity index (χ1) is 12.8. The molecule has 26 heavy (non-hydrogen) atoms. The van der Waals surface area contributed by atoms with Crippen LogP contribution in [0.4, 0.5) is 0 Å². The Labute approximate surface area is 153 Å². The number of H-pyrrole nitrogens is 1. The summed E-state index contributed by atoms with van der Waals surface area (Å²) < 4.78 is 0. The van der Waals surface area contributed by atoms with Gasteiger partial charge >= 0.3 is 0 Å². The van der Waals surface area contributed by atoms with E-state index in [1.54, 1.807) is 6.07 Å². The molecule has 2 aromatic carbocycles. The summed E-state index contributed by atoms with van der Waals surface area (Å²) in [5.41, 5.74) is 4.60. The van der Waals surface area contributed by atoms with Crippen molar-refractivity contribution >= 4 is 0 Å². The van der Waals surface area contributed by atoms with Crippen LogP contribution in [0.5, 0.6) is 0 Å². The van der Waals surface area contributed by atoms with Crippen molar-refractivity contribution in [2.75, 3.05) is 6.54 Å². The van der Waals surface area contributed by atoms with E-state index in [4.69, 9.17) is 0 Å². The lowest BCUT2D eigenvalue weighted by atomic mass is 9.88. The molecule has 0 fully saturated rings. The molecule has 4 heteroatoms. The maximum atomic E-state index is 12.0. The maximum absolute atomic E-state index is 12.0. The van der Waals surface area contributed by atoms with Crippen LogP contribution in [0.1, 0.15) is 23.2 Å². The second-order valence-corrected chi connectivity index (χ2v) is 6.86. The molecule has 1 atom stereocenters. The summed E-state index contributed by atoms with van der Waals surface area (Å²) in [5.74, 6) is 0.639. The molecule has 0 saturated heterocycles. The minimum atomic E-state index is -0.0968. The molecule has 0 spiro atoms. The van der Waals surface area contributed by atoms with E-state index in [0.29, 0.717) is 11.9 Å². The molecule has 4 nitrogen and oxygen atoms in total. The Bertz CT molecular complexity index is 933. The predicted octanol–water partition coefficient (Wildman–Crippen LogP) is 3.13. The standard InChI is InChI=1S/C22H23N3O/c26-21-15-20(24-22(25-21)17-7-2-1-3-8-17)12-13-23-19-11-10-16-6-4-5-9-18(16)14-19/h1-9,15,19,23H,10-14H2,(H,24,25,26). The Morgan fingerprint density at radius 1 is 1.04 bits per heavy atom. The van der Waals surface area contributed by atoms with Gasteiger partial charge in [0, 0.05) is 36.3 Å². The third kappa shape index (κ3) is 3.92. The lowest BCUT2D eigenvalue weighted by Crippen LogP contribution is -2.36. The summed E-state index contributed by atoms with van der Waals surface area (Å²) in [5, 5.41) is 3.64. The van der Waals surface area contributed by atoms with E-state index in [0.717, 1.165) is 43.5 Å². The number of hydrogen-bond acceptors (Lipinski definition) is 3. The molecular formula is C22H23N3O. The highest BCUT2D eigenvalue weighted by atomic mass is 16.1. The molecule has 0 saturated carbocycles. The number of aromatic amines is 1. The Kier molecular flexibility index (Phi) is 4.93. The number of hydrogen-bond donors (Lipinski definition) is 2. The smallest absolute Gasteiger partial charge is 0.251 e. The number of aromatic nitrogens is 2. The Balaban J connectivity index is 1.38. The zero-order valence-electron chi connectivity index (χ0n) is 14.7. The fraction of sp³-hybridized carbons (Fsp3) is 0.273. The lowest BCUT2D eigenvalue weighted by Gasteiger charge is -2.25. The van der Waals surface area contributed by atoms with Crippen LogP contribution in [-0.2, 0) is 19.3 Å².